The molecule has 0 radical (unpaired) electrons. The highest BCUT2D eigenvalue weighted by Gasteiger charge is 1.98. The van der Waals surface area contributed by atoms with Gasteiger partial charge in [-0.15, -0.1) is 10.7 Å². The zero-order valence-corrected chi connectivity index (χ0v) is 8.47. The van der Waals surface area contributed by atoms with Crippen LogP contribution in [-0.4, -0.2) is 18.4 Å². The Morgan fingerprint density at radius 1 is 1.31 bits per heavy atom. The second kappa shape index (κ2) is 4.18. The summed E-state index contributed by atoms with van der Waals surface area (Å²) in [6.07, 6.45) is 4.06. The van der Waals surface area contributed by atoms with Crippen LogP contribution in [0, 0.1) is 0 Å². The number of nitrogens with two attached hydrogens (primary N) is 1. The number of benzene rings is 1. The third kappa shape index (κ3) is 2.99. The van der Waals surface area contributed by atoms with Gasteiger partial charge in [-0.1, -0.05) is 0 Å². The molecule has 0 bridgehead atoms. The second-order valence-corrected chi connectivity index (χ2v) is 4.51. The van der Waals surface area contributed by atoms with Crippen LogP contribution in [0.4, 0.5) is 5.69 Å². The van der Waals surface area contributed by atoms with E-state index in [4.69, 9.17) is 5.73 Å². The van der Waals surface area contributed by atoms with Gasteiger partial charge < -0.3 is 5.73 Å². The van der Waals surface area contributed by atoms with E-state index in [9.17, 15) is 4.79 Å². The lowest BCUT2D eigenvalue weighted by molar-refractivity contribution is 0.100. The van der Waals surface area contributed by atoms with Gasteiger partial charge in [0.1, 0.15) is 0 Å². The van der Waals surface area contributed by atoms with E-state index in [1.54, 1.807) is 24.3 Å². The minimum Gasteiger partial charge on any atom is -0.366 e. The first-order valence-corrected chi connectivity index (χ1v) is 5.78. The van der Waals surface area contributed by atoms with Crippen molar-refractivity contribution in [3.8, 4) is 0 Å². The smallest absolute Gasteiger partial charge is 0.248 e. The first-order valence-electron chi connectivity index (χ1n) is 3.79. The molecule has 0 fully saturated rings. The van der Waals surface area contributed by atoms with Crippen LogP contribution < -0.4 is 5.73 Å². The minimum atomic E-state index is -0.404. The summed E-state index contributed by atoms with van der Waals surface area (Å²) in [5.41, 5.74) is 6.50. The van der Waals surface area contributed by atoms with Gasteiger partial charge in [-0.3, -0.25) is 4.79 Å². The average Bonchev–Trinajstić information content (AvgIpc) is 2.04. The fraction of sp³-hybridized carbons (Fsp3) is 0.222. The Morgan fingerprint density at radius 2 is 1.85 bits per heavy atom. The Labute approximate surface area is 80.1 Å². The molecule has 0 saturated carbocycles. The monoisotopic (exact) mass is 196 g/mol. The molecule has 0 aliphatic rings. The van der Waals surface area contributed by atoms with Crippen molar-refractivity contribution in [2.45, 2.75) is 0 Å². The fourth-order valence-corrected chi connectivity index (χ4v) is 1.44. The number of primary amides is 1. The molecule has 3 nitrogen and oxygen atoms in total. The predicted octanol–water partition coefficient (Wildman–Crippen LogP) is 1.48. The molecule has 0 atom stereocenters. The van der Waals surface area contributed by atoms with Crippen LogP contribution in [0.5, 0.6) is 0 Å². The van der Waals surface area contributed by atoms with Gasteiger partial charge in [0.15, 0.2) is 0 Å². The van der Waals surface area contributed by atoms with Crippen LogP contribution in [0.1, 0.15) is 10.4 Å². The molecular formula is C9H12N2OS. The number of nitrogens with zero attached hydrogens (tertiary/aromatic N) is 1. The van der Waals surface area contributed by atoms with Crippen molar-refractivity contribution in [3.63, 3.8) is 0 Å². The third-order valence-corrected chi connectivity index (χ3v) is 2.02. The van der Waals surface area contributed by atoms with E-state index in [1.807, 2.05) is 12.5 Å². The lowest BCUT2D eigenvalue weighted by atomic mass is 10.2. The van der Waals surface area contributed by atoms with Gasteiger partial charge in [0.05, 0.1) is 5.69 Å². The standard InChI is InChI=1S/C9H12N2OS/c1-13(2)11-8-5-3-7(4-6-8)9(10)12/h3-6H,1-2H3,(H2,10,12). The number of hydrogen-bond acceptors (Lipinski definition) is 2. The summed E-state index contributed by atoms with van der Waals surface area (Å²) in [5.74, 6) is -0.404. The third-order valence-electron chi connectivity index (χ3n) is 1.44. The maximum Gasteiger partial charge on any atom is 0.248 e. The molecular weight excluding hydrogens is 184 g/mol. The van der Waals surface area contributed by atoms with Crippen LogP contribution in [0.2, 0.25) is 0 Å². The first-order chi connectivity index (χ1) is 6.09. The summed E-state index contributed by atoms with van der Waals surface area (Å²) in [7, 11) is 0.0250. The lowest BCUT2D eigenvalue weighted by Gasteiger charge is -1.97. The Balaban J connectivity index is 2.94. The van der Waals surface area contributed by atoms with Gasteiger partial charge in [-0.25, -0.2) is 4.36 Å². The van der Waals surface area contributed by atoms with Gasteiger partial charge in [0.25, 0.3) is 0 Å². The Kier molecular flexibility index (Phi) is 3.19. The normalized spacial score (nSPS) is 10.1. The molecule has 13 heavy (non-hydrogen) atoms. The van der Waals surface area contributed by atoms with E-state index in [1.165, 1.54) is 0 Å². The van der Waals surface area contributed by atoms with E-state index in [0.29, 0.717) is 5.56 Å². The topological polar surface area (TPSA) is 55.4 Å². The molecule has 0 spiro atoms. The zero-order chi connectivity index (χ0) is 9.84. The highest BCUT2D eigenvalue weighted by atomic mass is 32.2. The quantitative estimate of drug-likeness (QED) is 0.765. The molecule has 1 amide bonds. The summed E-state index contributed by atoms with van der Waals surface area (Å²) < 4.78 is 4.34. The highest BCUT2D eigenvalue weighted by Crippen LogP contribution is 2.13. The minimum absolute atomic E-state index is 0.0250. The van der Waals surface area contributed by atoms with Gasteiger partial charge in [-0.2, -0.15) is 0 Å². The number of hydrogen-bond donors (Lipinski definition) is 1. The molecule has 4 heteroatoms. The molecule has 70 valence electrons. The van der Waals surface area contributed by atoms with Crippen molar-refractivity contribution in [1.29, 1.82) is 0 Å². The van der Waals surface area contributed by atoms with Gasteiger partial charge in [0.2, 0.25) is 5.91 Å². The molecule has 0 heterocycles. The van der Waals surface area contributed by atoms with Gasteiger partial charge in [-0.05, 0) is 36.8 Å². The summed E-state index contributed by atoms with van der Waals surface area (Å²) in [5, 5.41) is 0. The second-order valence-electron chi connectivity index (χ2n) is 2.78. The zero-order valence-electron chi connectivity index (χ0n) is 7.65. The van der Waals surface area contributed by atoms with E-state index >= 15 is 0 Å². The summed E-state index contributed by atoms with van der Waals surface area (Å²) in [4.78, 5) is 10.7. The lowest BCUT2D eigenvalue weighted by Crippen LogP contribution is -2.10. The van der Waals surface area contributed by atoms with E-state index < -0.39 is 5.91 Å². The molecule has 0 aliphatic carbocycles. The molecule has 0 aliphatic heterocycles. The summed E-state index contributed by atoms with van der Waals surface area (Å²) in [6, 6.07) is 6.97. The number of carbonyl (C=O) groups excluding carboxylic acids is 1. The Morgan fingerprint density at radius 3 is 2.23 bits per heavy atom. The Hall–Kier alpha value is -1.16. The fourth-order valence-electron chi connectivity index (χ4n) is 0.897. The van der Waals surface area contributed by atoms with Crippen molar-refractivity contribution in [2.24, 2.45) is 10.1 Å². The Bertz CT molecular complexity index is 339. The molecule has 1 rings (SSSR count). The van der Waals surface area contributed by atoms with Crippen molar-refractivity contribution < 1.29 is 4.79 Å². The van der Waals surface area contributed by atoms with Crippen LogP contribution >= 0.6 is 0 Å². The largest absolute Gasteiger partial charge is 0.366 e. The molecule has 0 unspecified atom stereocenters. The summed E-state index contributed by atoms with van der Waals surface area (Å²) in [6.45, 7) is 0. The number of rotatable bonds is 2. The summed E-state index contributed by atoms with van der Waals surface area (Å²) >= 11 is 0. The predicted molar refractivity (Wildman–Crippen MR) is 56.3 cm³/mol. The van der Waals surface area contributed by atoms with Gasteiger partial charge >= 0.3 is 0 Å². The van der Waals surface area contributed by atoms with Gasteiger partial charge in [0, 0.05) is 5.56 Å². The maximum atomic E-state index is 10.7. The SMILES string of the molecule is CS(C)=Nc1ccc(C(N)=O)cc1. The van der Waals surface area contributed by atoms with Crippen LogP contribution in [-0.2, 0) is 10.7 Å². The molecule has 1 aromatic rings. The van der Waals surface area contributed by atoms with Crippen molar-refractivity contribution in [1.82, 2.24) is 0 Å². The van der Waals surface area contributed by atoms with E-state index in [-0.39, 0.29) is 10.7 Å². The van der Waals surface area contributed by atoms with Crippen LogP contribution in [0.25, 0.3) is 0 Å². The molecule has 0 saturated heterocycles. The number of amides is 1. The van der Waals surface area contributed by atoms with Crippen molar-refractivity contribution in [3.05, 3.63) is 29.8 Å². The van der Waals surface area contributed by atoms with Crippen molar-refractivity contribution >= 4 is 22.3 Å². The maximum absolute atomic E-state index is 10.7. The first kappa shape index (κ1) is 9.92. The molecule has 2 N–H and O–H groups in total. The molecule has 0 aromatic heterocycles. The average molecular weight is 196 g/mol. The van der Waals surface area contributed by atoms with Crippen molar-refractivity contribution in [2.75, 3.05) is 12.5 Å². The number of carbonyl (C=O) groups is 1. The molecule has 1 aromatic carbocycles. The van der Waals surface area contributed by atoms with E-state index in [2.05, 4.69) is 4.36 Å². The van der Waals surface area contributed by atoms with Crippen LogP contribution in [0.15, 0.2) is 28.6 Å². The van der Waals surface area contributed by atoms with Crippen LogP contribution in [0.3, 0.4) is 0 Å². The highest BCUT2D eigenvalue weighted by molar-refractivity contribution is 7.85. The van der Waals surface area contributed by atoms with E-state index in [0.717, 1.165) is 5.69 Å².